The van der Waals surface area contributed by atoms with Gasteiger partial charge in [-0.1, -0.05) is 56.3 Å². The third-order valence-corrected chi connectivity index (χ3v) is 8.54. The van der Waals surface area contributed by atoms with Crippen LogP contribution in [0.1, 0.15) is 46.1 Å². The van der Waals surface area contributed by atoms with Gasteiger partial charge in [-0.15, -0.1) is 0 Å². The minimum atomic E-state index is -1.36. The molecule has 1 spiro atoms. The van der Waals surface area contributed by atoms with Crippen molar-refractivity contribution in [2.24, 2.45) is 23.7 Å². The van der Waals surface area contributed by atoms with Gasteiger partial charge in [0.2, 0.25) is 5.60 Å². The summed E-state index contributed by atoms with van der Waals surface area (Å²) in [7, 11) is 0. The number of rotatable bonds is 2. The van der Waals surface area contributed by atoms with Gasteiger partial charge in [0.05, 0.1) is 23.2 Å². The zero-order valence-corrected chi connectivity index (χ0v) is 20.4. The highest BCUT2D eigenvalue weighted by atomic mass is 16.6. The number of hydrogen-bond donors (Lipinski definition) is 2. The number of amides is 1. The highest BCUT2D eigenvalue weighted by Gasteiger charge is 2.78. The molecule has 9 atom stereocenters. The monoisotopic (exact) mass is 465 g/mol. The van der Waals surface area contributed by atoms with Crippen LogP contribution in [0, 0.1) is 23.7 Å². The van der Waals surface area contributed by atoms with E-state index < -0.39 is 17.2 Å². The van der Waals surface area contributed by atoms with Crippen molar-refractivity contribution >= 4 is 11.9 Å². The summed E-state index contributed by atoms with van der Waals surface area (Å²) in [6, 6.07) is 9.89. The van der Waals surface area contributed by atoms with E-state index in [2.05, 4.69) is 44.3 Å². The summed E-state index contributed by atoms with van der Waals surface area (Å²) in [6.45, 7) is 7.99. The molecule has 2 saturated heterocycles. The topological polar surface area (TPSA) is 88.2 Å². The van der Waals surface area contributed by atoms with Crippen LogP contribution >= 0.6 is 0 Å². The molecule has 0 aromatic heterocycles. The average molecular weight is 466 g/mol. The van der Waals surface area contributed by atoms with Gasteiger partial charge in [-0.3, -0.25) is 4.79 Å². The Morgan fingerprint density at radius 1 is 1.15 bits per heavy atom. The second kappa shape index (κ2) is 8.06. The molecule has 2 N–H and O–H groups in total. The van der Waals surface area contributed by atoms with E-state index in [0.717, 1.165) is 12.0 Å². The summed E-state index contributed by atoms with van der Waals surface area (Å²) in [5.41, 5.74) is -1.73. The Morgan fingerprint density at radius 3 is 2.62 bits per heavy atom. The summed E-state index contributed by atoms with van der Waals surface area (Å²) in [6.07, 6.45) is 8.62. The number of aliphatic hydroxyl groups is 1. The number of benzene rings is 1. The fraction of sp³-hybridized carbons (Fsp3) is 0.571. The fourth-order valence-corrected chi connectivity index (χ4v) is 6.77. The van der Waals surface area contributed by atoms with Crippen LogP contribution in [0.4, 0.5) is 0 Å². The summed E-state index contributed by atoms with van der Waals surface area (Å²) in [5.74, 6) is -1.28. The van der Waals surface area contributed by atoms with Crippen LogP contribution in [0.5, 0.6) is 0 Å². The van der Waals surface area contributed by atoms with Crippen LogP contribution < -0.4 is 5.32 Å². The van der Waals surface area contributed by atoms with E-state index in [4.69, 9.17) is 9.47 Å². The van der Waals surface area contributed by atoms with Gasteiger partial charge in [0.15, 0.2) is 0 Å². The largest absolute Gasteiger partial charge is 0.445 e. The lowest BCUT2D eigenvalue weighted by Crippen LogP contribution is -2.61. The maximum Gasteiger partial charge on any atom is 0.331 e. The number of esters is 1. The predicted molar refractivity (Wildman–Crippen MR) is 128 cm³/mol. The zero-order valence-electron chi connectivity index (χ0n) is 20.4. The van der Waals surface area contributed by atoms with Crippen LogP contribution in [0.15, 0.2) is 54.6 Å². The minimum Gasteiger partial charge on any atom is -0.445 e. The first-order chi connectivity index (χ1) is 16.1. The lowest BCUT2D eigenvalue weighted by atomic mass is 9.59. The van der Waals surface area contributed by atoms with E-state index in [1.54, 1.807) is 6.92 Å². The predicted octanol–water partition coefficient (Wildman–Crippen LogP) is 3.34. The molecule has 6 nitrogen and oxygen atoms in total. The molecule has 3 fully saturated rings. The quantitative estimate of drug-likeness (QED) is 0.397. The van der Waals surface area contributed by atoms with Gasteiger partial charge in [-0.05, 0) is 56.6 Å². The van der Waals surface area contributed by atoms with Crippen LogP contribution in [0.3, 0.4) is 0 Å². The Bertz CT molecular complexity index is 1030. The van der Waals surface area contributed by atoms with E-state index in [-0.39, 0.29) is 47.3 Å². The van der Waals surface area contributed by atoms with Crippen molar-refractivity contribution in [3.63, 3.8) is 0 Å². The number of allylic oxidation sites excluding steroid dienone is 1. The lowest BCUT2D eigenvalue weighted by molar-refractivity contribution is -0.177. The molecule has 0 bridgehead atoms. The van der Waals surface area contributed by atoms with E-state index in [1.807, 2.05) is 24.3 Å². The Hall–Kier alpha value is -2.44. The molecule has 5 rings (SSSR count). The van der Waals surface area contributed by atoms with Crippen molar-refractivity contribution < 1.29 is 24.2 Å². The van der Waals surface area contributed by atoms with E-state index in [1.165, 1.54) is 12.2 Å². The molecule has 1 aliphatic carbocycles. The average Bonchev–Trinajstić information content (AvgIpc) is 3.39. The Labute approximate surface area is 201 Å². The van der Waals surface area contributed by atoms with E-state index in [0.29, 0.717) is 12.8 Å². The molecular weight excluding hydrogens is 430 g/mol. The fourth-order valence-electron chi connectivity index (χ4n) is 6.77. The first-order valence-electron chi connectivity index (χ1n) is 12.4. The van der Waals surface area contributed by atoms with Crippen molar-refractivity contribution in [2.45, 2.75) is 75.9 Å². The van der Waals surface area contributed by atoms with E-state index >= 15 is 0 Å². The molecule has 1 amide bonds. The number of carbonyl (C=O) groups is 2. The second-order valence-corrected chi connectivity index (χ2v) is 11.2. The van der Waals surface area contributed by atoms with Crippen molar-refractivity contribution in [2.75, 3.05) is 0 Å². The van der Waals surface area contributed by atoms with Crippen LogP contribution in [0.25, 0.3) is 0 Å². The van der Waals surface area contributed by atoms with Gasteiger partial charge >= 0.3 is 5.97 Å². The standard InChI is InChI=1S/C28H35NO5/c1-17-9-8-12-20-24-27(4,34-24)18(2)23-21(15-19-10-6-5-7-11-19)29-25(31)28(20,23)33-22(30)13-14-26(3,32)16-17/h5-8,10-14,17-18,20-21,23-24,32H,9,15-16H2,1-4H3,(H,29,31). The molecule has 9 unspecified atom stereocenters. The van der Waals surface area contributed by atoms with Crippen LogP contribution in [-0.2, 0) is 25.5 Å². The third-order valence-electron chi connectivity index (χ3n) is 8.54. The normalized spacial score (nSPS) is 45.7. The first-order valence-corrected chi connectivity index (χ1v) is 12.4. The van der Waals surface area contributed by atoms with Gasteiger partial charge in [0.25, 0.3) is 5.91 Å². The molecule has 1 aromatic rings. The second-order valence-electron chi connectivity index (χ2n) is 11.2. The first kappa shape index (κ1) is 23.3. The molecule has 182 valence electrons. The molecule has 3 heterocycles. The molecule has 0 radical (unpaired) electrons. The summed E-state index contributed by atoms with van der Waals surface area (Å²) < 4.78 is 12.4. The Balaban J connectivity index is 1.58. The maximum atomic E-state index is 13.8. The van der Waals surface area contributed by atoms with Crippen molar-refractivity contribution in [3.05, 3.63) is 60.2 Å². The molecule has 4 aliphatic rings. The molecule has 1 saturated carbocycles. The SMILES string of the molecule is CC1CC=CC2C3OC3(C)C(C)C3C(Cc4ccccc4)NC(=O)C23OC(=O)C=CC(C)(O)C1. The number of epoxide rings is 1. The number of hydrogen-bond acceptors (Lipinski definition) is 5. The highest BCUT2D eigenvalue weighted by Crippen LogP contribution is 2.63. The lowest BCUT2D eigenvalue weighted by Gasteiger charge is -2.45. The highest BCUT2D eigenvalue weighted by molar-refractivity contribution is 5.94. The van der Waals surface area contributed by atoms with Crippen molar-refractivity contribution in [1.29, 1.82) is 0 Å². The number of carbonyl (C=O) groups excluding carboxylic acids is 2. The van der Waals surface area contributed by atoms with Crippen LogP contribution in [-0.4, -0.2) is 45.9 Å². The van der Waals surface area contributed by atoms with Gasteiger partial charge in [0, 0.05) is 18.0 Å². The van der Waals surface area contributed by atoms with Gasteiger partial charge in [-0.2, -0.15) is 0 Å². The molecule has 34 heavy (non-hydrogen) atoms. The molecule has 1 aromatic carbocycles. The smallest absolute Gasteiger partial charge is 0.331 e. The number of fused-ring (bicyclic) bond motifs is 2. The minimum absolute atomic E-state index is 0.00142. The molecule has 6 heteroatoms. The summed E-state index contributed by atoms with van der Waals surface area (Å²) >= 11 is 0. The maximum absolute atomic E-state index is 13.8. The van der Waals surface area contributed by atoms with Crippen LogP contribution in [0.2, 0.25) is 0 Å². The molecular formula is C28H35NO5. The third kappa shape index (κ3) is 3.72. The molecule has 3 aliphatic heterocycles. The van der Waals surface area contributed by atoms with Gasteiger partial charge in [-0.25, -0.2) is 4.79 Å². The van der Waals surface area contributed by atoms with Crippen molar-refractivity contribution in [3.8, 4) is 0 Å². The van der Waals surface area contributed by atoms with Crippen molar-refractivity contribution in [1.82, 2.24) is 5.32 Å². The van der Waals surface area contributed by atoms with Gasteiger partial charge < -0.3 is 19.9 Å². The Kier molecular flexibility index (Phi) is 5.53. The number of nitrogens with one attached hydrogen (secondary N) is 1. The number of ether oxygens (including phenoxy) is 2. The van der Waals surface area contributed by atoms with Gasteiger partial charge in [0.1, 0.15) is 0 Å². The summed E-state index contributed by atoms with van der Waals surface area (Å²) in [4.78, 5) is 26.9. The Morgan fingerprint density at radius 2 is 1.88 bits per heavy atom. The summed E-state index contributed by atoms with van der Waals surface area (Å²) in [5, 5.41) is 13.9. The zero-order chi connectivity index (χ0) is 24.3. The van der Waals surface area contributed by atoms with E-state index in [9.17, 15) is 14.7 Å².